The summed E-state index contributed by atoms with van der Waals surface area (Å²) in [6.07, 6.45) is 2.62. The van der Waals surface area contributed by atoms with Crippen molar-refractivity contribution in [1.82, 2.24) is 10.2 Å². The van der Waals surface area contributed by atoms with Gasteiger partial charge in [-0.05, 0) is 40.7 Å². The molecule has 1 N–H and O–H groups in total. The fourth-order valence-corrected chi connectivity index (χ4v) is 1.93. The maximum atomic E-state index is 5.49. The quantitative estimate of drug-likeness (QED) is 0.590. The summed E-state index contributed by atoms with van der Waals surface area (Å²) in [5, 5.41) is 3.43. The van der Waals surface area contributed by atoms with Crippen molar-refractivity contribution in [2.45, 2.75) is 52.0 Å². The zero-order valence-electron chi connectivity index (χ0n) is 11.7. The molecule has 102 valence electrons. The molecule has 0 spiro atoms. The van der Waals surface area contributed by atoms with Gasteiger partial charge in [-0.2, -0.15) is 0 Å². The lowest BCUT2D eigenvalue weighted by atomic mass is 10.3. The second-order valence-electron chi connectivity index (χ2n) is 4.74. The van der Waals surface area contributed by atoms with Gasteiger partial charge in [0.1, 0.15) is 0 Å². The van der Waals surface area contributed by atoms with E-state index in [0.29, 0.717) is 19.3 Å². The summed E-state index contributed by atoms with van der Waals surface area (Å²) in [7, 11) is 2.21. The van der Waals surface area contributed by atoms with Crippen LogP contribution in [0.4, 0.5) is 0 Å². The number of rotatable bonds is 10. The summed E-state index contributed by atoms with van der Waals surface area (Å²) in [4.78, 5) is 2.46. The molecule has 0 amide bonds. The Hall–Kier alpha value is -0.160. The number of hydrogen-bond acceptors (Lipinski definition) is 4. The Morgan fingerprint density at radius 3 is 2.24 bits per heavy atom. The van der Waals surface area contributed by atoms with Crippen LogP contribution in [-0.2, 0) is 9.47 Å². The van der Waals surface area contributed by atoms with E-state index in [4.69, 9.17) is 9.47 Å². The van der Waals surface area contributed by atoms with Crippen molar-refractivity contribution in [2.75, 3.05) is 33.4 Å². The molecule has 0 aromatic carbocycles. The monoisotopic (exact) mass is 244 g/mol. The van der Waals surface area contributed by atoms with Crippen LogP contribution in [0.1, 0.15) is 33.6 Å². The number of nitrogens with zero attached hydrogens (tertiary/aromatic N) is 1. The third-order valence-corrected chi connectivity index (χ3v) is 3.27. The van der Waals surface area contributed by atoms with E-state index in [1.807, 2.05) is 13.8 Å². The molecule has 0 bridgehead atoms. The first-order chi connectivity index (χ1) is 8.19. The predicted molar refractivity (Wildman–Crippen MR) is 70.2 cm³/mol. The Kier molecular flexibility index (Phi) is 7.04. The van der Waals surface area contributed by atoms with Crippen LogP contribution in [-0.4, -0.2) is 56.6 Å². The lowest BCUT2D eigenvalue weighted by Crippen LogP contribution is -2.42. The van der Waals surface area contributed by atoms with E-state index in [1.165, 1.54) is 12.8 Å². The average molecular weight is 244 g/mol. The van der Waals surface area contributed by atoms with Crippen molar-refractivity contribution in [3.05, 3.63) is 0 Å². The zero-order chi connectivity index (χ0) is 12.7. The number of nitrogens with one attached hydrogen (secondary N) is 1. The molecule has 17 heavy (non-hydrogen) atoms. The Labute approximate surface area is 106 Å². The summed E-state index contributed by atoms with van der Waals surface area (Å²) in [5.41, 5.74) is 0. The highest BCUT2D eigenvalue weighted by atomic mass is 16.7. The third kappa shape index (κ3) is 5.82. The van der Waals surface area contributed by atoms with E-state index in [1.54, 1.807) is 0 Å². The smallest absolute Gasteiger partial charge is 0.169 e. The predicted octanol–water partition coefficient (Wildman–Crippen LogP) is 1.46. The second kappa shape index (κ2) is 8.03. The van der Waals surface area contributed by atoms with Gasteiger partial charge in [0.05, 0.1) is 0 Å². The molecule has 0 saturated heterocycles. The van der Waals surface area contributed by atoms with Gasteiger partial charge in [-0.25, -0.2) is 0 Å². The van der Waals surface area contributed by atoms with Crippen LogP contribution in [0, 0.1) is 0 Å². The van der Waals surface area contributed by atoms with Crippen LogP contribution >= 0.6 is 0 Å². The maximum absolute atomic E-state index is 5.49. The first-order valence-corrected chi connectivity index (χ1v) is 6.84. The molecule has 0 aromatic heterocycles. The third-order valence-electron chi connectivity index (χ3n) is 3.27. The largest absolute Gasteiger partial charge is 0.352 e. The number of likely N-dealkylation sites (N-methyl/N-ethyl adjacent to an activating group) is 1. The molecule has 1 aliphatic rings. The Bertz CT molecular complexity index is 190. The molecule has 0 aromatic rings. The highest BCUT2D eigenvalue weighted by molar-refractivity contribution is 4.85. The minimum Gasteiger partial charge on any atom is -0.352 e. The minimum atomic E-state index is -0.108. The molecule has 1 rings (SSSR count). The van der Waals surface area contributed by atoms with Crippen LogP contribution in [0.15, 0.2) is 0 Å². The molecule has 1 saturated carbocycles. The van der Waals surface area contributed by atoms with E-state index in [-0.39, 0.29) is 6.29 Å². The maximum Gasteiger partial charge on any atom is 0.169 e. The molecule has 1 atom stereocenters. The molecular weight excluding hydrogens is 216 g/mol. The first-order valence-electron chi connectivity index (χ1n) is 6.84. The van der Waals surface area contributed by atoms with Crippen LogP contribution in [0.2, 0.25) is 0 Å². The number of hydrogen-bond donors (Lipinski definition) is 1. The first kappa shape index (κ1) is 14.9. The fraction of sp³-hybridized carbons (Fsp3) is 1.00. The van der Waals surface area contributed by atoms with Gasteiger partial charge in [-0.3, -0.25) is 4.90 Å². The van der Waals surface area contributed by atoms with Crippen LogP contribution < -0.4 is 5.32 Å². The summed E-state index contributed by atoms with van der Waals surface area (Å²) in [6.45, 7) is 9.41. The van der Waals surface area contributed by atoms with Crippen molar-refractivity contribution < 1.29 is 9.47 Å². The molecule has 0 radical (unpaired) electrons. The van der Waals surface area contributed by atoms with Crippen molar-refractivity contribution in [3.63, 3.8) is 0 Å². The molecule has 1 aliphatic carbocycles. The number of ether oxygens (including phenoxy) is 2. The fourth-order valence-electron chi connectivity index (χ4n) is 1.93. The highest BCUT2D eigenvalue weighted by Gasteiger charge is 2.28. The Balaban J connectivity index is 2.11. The van der Waals surface area contributed by atoms with E-state index in [2.05, 4.69) is 24.2 Å². The van der Waals surface area contributed by atoms with Crippen molar-refractivity contribution in [3.8, 4) is 0 Å². The van der Waals surface area contributed by atoms with Gasteiger partial charge in [-0.1, -0.05) is 0 Å². The van der Waals surface area contributed by atoms with Crippen LogP contribution in [0.25, 0.3) is 0 Å². The van der Waals surface area contributed by atoms with Crippen molar-refractivity contribution in [1.29, 1.82) is 0 Å². The topological polar surface area (TPSA) is 33.7 Å². The van der Waals surface area contributed by atoms with Gasteiger partial charge >= 0.3 is 0 Å². The molecule has 4 nitrogen and oxygen atoms in total. The van der Waals surface area contributed by atoms with Gasteiger partial charge in [0, 0.05) is 38.4 Å². The highest BCUT2D eigenvalue weighted by Crippen LogP contribution is 2.26. The average Bonchev–Trinajstić information content (AvgIpc) is 3.12. The van der Waals surface area contributed by atoms with Crippen LogP contribution in [0.3, 0.4) is 0 Å². The molecule has 1 fully saturated rings. The summed E-state index contributed by atoms with van der Waals surface area (Å²) in [6, 6.07) is 1.40. The van der Waals surface area contributed by atoms with Crippen molar-refractivity contribution >= 4 is 0 Å². The van der Waals surface area contributed by atoms with Gasteiger partial charge in [-0.15, -0.1) is 0 Å². The normalized spacial score (nSPS) is 18.0. The van der Waals surface area contributed by atoms with Gasteiger partial charge < -0.3 is 14.8 Å². The molecule has 1 unspecified atom stereocenters. The van der Waals surface area contributed by atoms with Crippen molar-refractivity contribution in [2.24, 2.45) is 0 Å². The standard InChI is InChI=1S/C13H28N2O2/c1-5-16-13(17-6-2)10-14-9-11(3)15(4)12-7-8-12/h11-14H,5-10H2,1-4H3. The summed E-state index contributed by atoms with van der Waals surface area (Å²) >= 11 is 0. The molecule has 4 heteroatoms. The summed E-state index contributed by atoms with van der Waals surface area (Å²) < 4.78 is 11.0. The molecular formula is C13H28N2O2. The lowest BCUT2D eigenvalue weighted by Gasteiger charge is -2.25. The SMILES string of the molecule is CCOC(CNCC(C)N(C)C1CC1)OCC. The van der Waals surface area contributed by atoms with E-state index < -0.39 is 0 Å². The second-order valence-corrected chi connectivity index (χ2v) is 4.74. The molecule has 0 heterocycles. The van der Waals surface area contributed by atoms with E-state index in [9.17, 15) is 0 Å². The lowest BCUT2D eigenvalue weighted by molar-refractivity contribution is -0.133. The minimum absolute atomic E-state index is 0.108. The van der Waals surface area contributed by atoms with Gasteiger partial charge in [0.15, 0.2) is 6.29 Å². The summed E-state index contributed by atoms with van der Waals surface area (Å²) in [5.74, 6) is 0. The van der Waals surface area contributed by atoms with E-state index in [0.717, 1.165) is 19.1 Å². The Morgan fingerprint density at radius 2 is 1.76 bits per heavy atom. The molecule has 0 aliphatic heterocycles. The van der Waals surface area contributed by atoms with E-state index >= 15 is 0 Å². The van der Waals surface area contributed by atoms with Gasteiger partial charge in [0.2, 0.25) is 0 Å². The zero-order valence-corrected chi connectivity index (χ0v) is 11.7. The Morgan fingerprint density at radius 1 is 1.18 bits per heavy atom. The van der Waals surface area contributed by atoms with Gasteiger partial charge in [0.25, 0.3) is 0 Å². The van der Waals surface area contributed by atoms with Crippen LogP contribution in [0.5, 0.6) is 0 Å².